The minimum absolute atomic E-state index is 0.149. The molecule has 3 aromatic rings. The molecule has 0 radical (unpaired) electrons. The number of hydrogen-bond acceptors (Lipinski definition) is 5. The van der Waals surface area contributed by atoms with E-state index < -0.39 is 0 Å². The van der Waals surface area contributed by atoms with Crippen molar-refractivity contribution < 1.29 is 4.79 Å². The van der Waals surface area contributed by atoms with Gasteiger partial charge in [-0.1, -0.05) is 47.8 Å². The molecule has 4 rings (SSSR count). The third-order valence-corrected chi connectivity index (χ3v) is 5.50. The summed E-state index contributed by atoms with van der Waals surface area (Å²) in [6.45, 7) is 1.84. The van der Waals surface area contributed by atoms with E-state index in [1.165, 1.54) is 16.3 Å². The van der Waals surface area contributed by atoms with Crippen LogP contribution in [0.15, 0.2) is 71.4 Å². The predicted molar refractivity (Wildman–Crippen MR) is 118 cm³/mol. The van der Waals surface area contributed by atoms with Crippen LogP contribution in [0.2, 0.25) is 0 Å². The normalized spacial score (nSPS) is 15.8. The van der Waals surface area contributed by atoms with E-state index >= 15 is 0 Å². The Bertz CT molecular complexity index is 1090. The lowest BCUT2D eigenvalue weighted by atomic mass is 10.1. The lowest BCUT2D eigenvalue weighted by molar-refractivity contribution is -0.114. The van der Waals surface area contributed by atoms with Gasteiger partial charge >= 0.3 is 0 Å². The highest BCUT2D eigenvalue weighted by Gasteiger charge is 2.30. The maximum atomic E-state index is 12.8. The van der Waals surface area contributed by atoms with Crippen LogP contribution < -0.4 is 9.91 Å². The highest BCUT2D eigenvalue weighted by molar-refractivity contribution is 7.22. The van der Waals surface area contributed by atoms with E-state index in [9.17, 15) is 4.79 Å². The number of anilines is 2. The number of allylic oxidation sites excluding steroid dienone is 2. The number of amides is 1. The SMILES string of the molecule is CC1=NN(c2nc3ccccc3s2)C(=O)/C1=C/C=C/c1ccc(N(C)C)cc1. The van der Waals surface area contributed by atoms with E-state index in [0.717, 1.165) is 21.5 Å². The molecule has 2 aromatic carbocycles. The number of carbonyl (C=O) groups is 1. The van der Waals surface area contributed by atoms with E-state index in [4.69, 9.17) is 0 Å². The number of aromatic nitrogens is 1. The minimum Gasteiger partial charge on any atom is -0.378 e. The Labute approximate surface area is 167 Å². The zero-order valence-corrected chi connectivity index (χ0v) is 16.8. The summed E-state index contributed by atoms with van der Waals surface area (Å²) in [5.41, 5.74) is 4.38. The molecule has 1 aromatic heterocycles. The van der Waals surface area contributed by atoms with Gasteiger partial charge in [0.2, 0.25) is 5.13 Å². The predicted octanol–water partition coefficient (Wildman–Crippen LogP) is 4.72. The first-order chi connectivity index (χ1) is 13.5. The molecule has 0 N–H and O–H groups in total. The molecule has 0 aliphatic carbocycles. The van der Waals surface area contributed by atoms with Crippen LogP contribution in [0.4, 0.5) is 10.8 Å². The zero-order valence-electron chi connectivity index (χ0n) is 16.0. The number of para-hydroxylation sites is 1. The van der Waals surface area contributed by atoms with Crippen LogP contribution in [0, 0.1) is 0 Å². The Kier molecular flexibility index (Phi) is 4.79. The van der Waals surface area contributed by atoms with Crippen LogP contribution in [-0.2, 0) is 4.79 Å². The van der Waals surface area contributed by atoms with Gasteiger partial charge in [0.05, 0.1) is 21.5 Å². The van der Waals surface area contributed by atoms with Crippen LogP contribution in [0.1, 0.15) is 12.5 Å². The van der Waals surface area contributed by atoms with Gasteiger partial charge in [-0.2, -0.15) is 10.1 Å². The van der Waals surface area contributed by atoms with Crippen molar-refractivity contribution >= 4 is 50.1 Å². The molecule has 140 valence electrons. The molecular formula is C22H20N4OS. The Hall–Kier alpha value is -3.25. The van der Waals surface area contributed by atoms with E-state index in [-0.39, 0.29) is 5.91 Å². The summed E-state index contributed by atoms with van der Waals surface area (Å²) in [5, 5.41) is 6.40. The van der Waals surface area contributed by atoms with Crippen molar-refractivity contribution in [1.29, 1.82) is 0 Å². The van der Waals surface area contributed by atoms with Gasteiger partial charge in [-0.15, -0.1) is 0 Å². The Morgan fingerprint density at radius 3 is 2.54 bits per heavy atom. The standard InChI is InChI=1S/C22H20N4OS/c1-15-18(8-6-7-16-11-13-17(14-12-16)25(2)3)21(27)26(24-15)22-23-19-9-4-5-10-20(19)28-22/h4-14H,1-3H3/b7-6+,18-8+. The second kappa shape index (κ2) is 7.40. The number of nitrogens with zero attached hydrogens (tertiary/aromatic N) is 4. The van der Waals surface area contributed by atoms with Crippen molar-refractivity contribution in [2.24, 2.45) is 5.10 Å². The smallest absolute Gasteiger partial charge is 0.282 e. The van der Waals surface area contributed by atoms with Crippen LogP contribution in [0.5, 0.6) is 0 Å². The molecule has 0 saturated heterocycles. The van der Waals surface area contributed by atoms with Crippen LogP contribution in [0.25, 0.3) is 16.3 Å². The molecule has 1 aliphatic rings. The van der Waals surface area contributed by atoms with Crippen molar-refractivity contribution in [3.05, 3.63) is 71.8 Å². The number of hydrogen-bond donors (Lipinski definition) is 0. The van der Waals surface area contributed by atoms with Crippen molar-refractivity contribution in [2.45, 2.75) is 6.92 Å². The van der Waals surface area contributed by atoms with Crippen molar-refractivity contribution in [3.63, 3.8) is 0 Å². The largest absolute Gasteiger partial charge is 0.378 e. The van der Waals surface area contributed by atoms with Gasteiger partial charge in [0.25, 0.3) is 5.91 Å². The Balaban J connectivity index is 1.54. The van der Waals surface area contributed by atoms with E-state index in [1.807, 2.05) is 63.5 Å². The first kappa shape index (κ1) is 18.1. The van der Waals surface area contributed by atoms with Gasteiger partial charge in [-0.25, -0.2) is 4.98 Å². The molecule has 1 aliphatic heterocycles. The van der Waals surface area contributed by atoms with Gasteiger partial charge < -0.3 is 4.90 Å². The first-order valence-corrected chi connectivity index (χ1v) is 9.76. The fraction of sp³-hybridized carbons (Fsp3) is 0.136. The van der Waals surface area contributed by atoms with Gasteiger partial charge in [0.1, 0.15) is 0 Å². The molecular weight excluding hydrogens is 368 g/mol. The number of benzene rings is 2. The van der Waals surface area contributed by atoms with Gasteiger partial charge in [-0.05, 0) is 42.8 Å². The third-order valence-electron chi connectivity index (χ3n) is 4.49. The maximum absolute atomic E-state index is 12.8. The Morgan fingerprint density at radius 1 is 1.07 bits per heavy atom. The van der Waals surface area contributed by atoms with E-state index in [2.05, 4.69) is 39.3 Å². The van der Waals surface area contributed by atoms with Crippen molar-refractivity contribution in [1.82, 2.24) is 4.98 Å². The average Bonchev–Trinajstić information content (AvgIpc) is 3.24. The summed E-state index contributed by atoms with van der Waals surface area (Å²) in [5.74, 6) is -0.149. The average molecular weight is 388 g/mol. The summed E-state index contributed by atoms with van der Waals surface area (Å²) in [4.78, 5) is 19.4. The first-order valence-electron chi connectivity index (χ1n) is 8.94. The number of rotatable bonds is 4. The van der Waals surface area contributed by atoms with Crippen LogP contribution in [0.3, 0.4) is 0 Å². The Morgan fingerprint density at radius 2 is 1.82 bits per heavy atom. The summed E-state index contributed by atoms with van der Waals surface area (Å²) in [7, 11) is 4.03. The summed E-state index contributed by atoms with van der Waals surface area (Å²) >= 11 is 1.46. The van der Waals surface area contributed by atoms with Gasteiger partial charge in [0.15, 0.2) is 0 Å². The monoisotopic (exact) mass is 388 g/mol. The molecule has 0 saturated carbocycles. The fourth-order valence-corrected chi connectivity index (χ4v) is 3.85. The highest BCUT2D eigenvalue weighted by Crippen LogP contribution is 2.32. The lowest BCUT2D eigenvalue weighted by Crippen LogP contribution is -2.21. The number of fused-ring (bicyclic) bond motifs is 1. The molecule has 0 unspecified atom stereocenters. The van der Waals surface area contributed by atoms with Crippen LogP contribution >= 0.6 is 11.3 Å². The quantitative estimate of drug-likeness (QED) is 0.608. The second-order valence-corrected chi connectivity index (χ2v) is 7.70. The number of hydrazone groups is 1. The topological polar surface area (TPSA) is 48.8 Å². The minimum atomic E-state index is -0.149. The summed E-state index contributed by atoms with van der Waals surface area (Å²) in [6, 6.07) is 16.1. The highest BCUT2D eigenvalue weighted by atomic mass is 32.1. The van der Waals surface area contributed by atoms with Gasteiger partial charge in [-0.3, -0.25) is 4.79 Å². The molecule has 5 nitrogen and oxygen atoms in total. The molecule has 0 fully saturated rings. The second-order valence-electron chi connectivity index (χ2n) is 6.69. The molecule has 0 bridgehead atoms. The third kappa shape index (κ3) is 3.46. The maximum Gasteiger partial charge on any atom is 0.282 e. The molecule has 0 atom stereocenters. The van der Waals surface area contributed by atoms with Crippen LogP contribution in [-0.4, -0.2) is 30.7 Å². The summed E-state index contributed by atoms with van der Waals surface area (Å²) in [6.07, 6.45) is 5.68. The van der Waals surface area contributed by atoms with Crippen molar-refractivity contribution in [3.8, 4) is 0 Å². The lowest BCUT2D eigenvalue weighted by Gasteiger charge is -2.11. The molecule has 1 amide bonds. The molecule has 6 heteroatoms. The molecule has 0 spiro atoms. The number of thiazole rings is 1. The number of carbonyl (C=O) groups excluding carboxylic acids is 1. The van der Waals surface area contributed by atoms with E-state index in [0.29, 0.717) is 16.4 Å². The van der Waals surface area contributed by atoms with Crippen molar-refractivity contribution in [2.75, 3.05) is 24.0 Å². The molecule has 28 heavy (non-hydrogen) atoms. The summed E-state index contributed by atoms with van der Waals surface area (Å²) < 4.78 is 1.04. The van der Waals surface area contributed by atoms with Gasteiger partial charge in [0, 0.05) is 19.8 Å². The fourth-order valence-electron chi connectivity index (χ4n) is 2.93. The van der Waals surface area contributed by atoms with E-state index in [1.54, 1.807) is 0 Å². The zero-order chi connectivity index (χ0) is 19.7. The molecule has 2 heterocycles.